The fraction of sp³-hybridized carbons (Fsp3) is 0. The number of nitrogens with one attached hydrogen (secondary N) is 2. The number of furan rings is 1. The summed E-state index contributed by atoms with van der Waals surface area (Å²) in [7, 11) is 0. The average Bonchev–Trinajstić information content (AvgIpc) is 3.34. The summed E-state index contributed by atoms with van der Waals surface area (Å²) in [5, 5.41) is 15.9. The Labute approximate surface area is 158 Å². The second kappa shape index (κ2) is 6.80. The molecule has 9 heteroatoms. The van der Waals surface area contributed by atoms with Crippen molar-refractivity contribution in [2.45, 2.75) is 0 Å². The lowest BCUT2D eigenvalue weighted by Gasteiger charge is -2.08. The second-order valence-electron chi connectivity index (χ2n) is 5.88. The number of nitrogens with zero attached hydrogens (tertiary/aromatic N) is 5. The van der Waals surface area contributed by atoms with Gasteiger partial charge in [-0.05, 0) is 34.6 Å². The van der Waals surface area contributed by atoms with Crippen LogP contribution in [-0.2, 0) is 0 Å². The number of benzene rings is 2. The average molecular weight is 371 g/mol. The fourth-order valence-electron chi connectivity index (χ4n) is 2.68. The number of anilines is 3. The van der Waals surface area contributed by atoms with E-state index in [0.29, 0.717) is 23.0 Å². The van der Waals surface area contributed by atoms with Crippen molar-refractivity contribution in [2.24, 2.45) is 5.10 Å². The molecule has 0 saturated carbocycles. The van der Waals surface area contributed by atoms with Crippen molar-refractivity contribution < 1.29 is 9.05 Å². The maximum absolute atomic E-state index is 5.71. The molecule has 9 nitrogen and oxygen atoms in total. The van der Waals surface area contributed by atoms with Crippen LogP contribution < -0.4 is 10.7 Å². The summed E-state index contributed by atoms with van der Waals surface area (Å²) in [5.74, 6) is 1.43. The standard InChI is InChI=1S/C19H13N7O2/c1-2-7-13(8-3-1)21-16-17(23-19-18(22-16)25-28-26-19)24-20-11-14-10-12-6-4-5-9-15(12)27-14/h1-11H,(H,21,22,25)(H,23,24,26). The SMILES string of the molecule is C(=NNc1nc2nonc2nc1Nc1ccccc1)c1cc2ccccc2o1. The maximum Gasteiger partial charge on any atom is 0.245 e. The second-order valence-corrected chi connectivity index (χ2v) is 5.88. The van der Waals surface area contributed by atoms with Gasteiger partial charge in [-0.15, -0.1) is 0 Å². The highest BCUT2D eigenvalue weighted by molar-refractivity contribution is 5.87. The predicted octanol–water partition coefficient (Wildman–Crippen LogP) is 3.95. The predicted molar refractivity (Wildman–Crippen MR) is 105 cm³/mol. The first kappa shape index (κ1) is 15.9. The van der Waals surface area contributed by atoms with E-state index < -0.39 is 0 Å². The van der Waals surface area contributed by atoms with E-state index in [1.165, 1.54) is 0 Å². The van der Waals surface area contributed by atoms with Crippen LogP contribution in [0.5, 0.6) is 0 Å². The zero-order valence-corrected chi connectivity index (χ0v) is 14.4. The van der Waals surface area contributed by atoms with Crippen LogP contribution in [0.3, 0.4) is 0 Å². The van der Waals surface area contributed by atoms with Crippen molar-refractivity contribution >= 4 is 45.8 Å². The molecule has 0 fully saturated rings. The van der Waals surface area contributed by atoms with Gasteiger partial charge in [-0.2, -0.15) is 10.1 Å². The molecule has 0 radical (unpaired) electrons. The normalized spacial score (nSPS) is 11.4. The van der Waals surface area contributed by atoms with E-state index in [2.05, 4.69) is 36.1 Å². The number of aromatic nitrogens is 4. The number of fused-ring (bicyclic) bond motifs is 2. The Balaban J connectivity index is 1.44. The zero-order chi connectivity index (χ0) is 18.8. The Hall–Kier alpha value is -4.27. The van der Waals surface area contributed by atoms with Gasteiger partial charge in [0.1, 0.15) is 11.3 Å². The summed E-state index contributed by atoms with van der Waals surface area (Å²) in [5.41, 5.74) is 5.09. The van der Waals surface area contributed by atoms with Crippen LogP contribution in [0.4, 0.5) is 17.3 Å². The minimum Gasteiger partial charge on any atom is -0.455 e. The summed E-state index contributed by atoms with van der Waals surface area (Å²) >= 11 is 0. The maximum atomic E-state index is 5.71. The fourth-order valence-corrected chi connectivity index (χ4v) is 2.68. The van der Waals surface area contributed by atoms with Crippen LogP contribution in [0.1, 0.15) is 5.76 Å². The third-order valence-corrected chi connectivity index (χ3v) is 3.96. The minimum absolute atomic E-state index is 0.278. The molecule has 0 bridgehead atoms. The van der Waals surface area contributed by atoms with Gasteiger partial charge in [-0.3, -0.25) is 5.43 Å². The van der Waals surface area contributed by atoms with Crippen LogP contribution in [0, 0.1) is 0 Å². The summed E-state index contributed by atoms with van der Waals surface area (Å²) in [6.45, 7) is 0. The Kier molecular flexibility index (Phi) is 3.87. The van der Waals surface area contributed by atoms with Crippen LogP contribution in [0.15, 0.2) is 74.8 Å². The van der Waals surface area contributed by atoms with E-state index >= 15 is 0 Å². The molecule has 0 saturated heterocycles. The zero-order valence-electron chi connectivity index (χ0n) is 14.4. The molecule has 3 heterocycles. The molecule has 2 aromatic carbocycles. The molecule has 5 rings (SSSR count). The van der Waals surface area contributed by atoms with Gasteiger partial charge in [-0.1, -0.05) is 36.4 Å². The molecule has 28 heavy (non-hydrogen) atoms. The van der Waals surface area contributed by atoms with Crippen molar-refractivity contribution in [1.29, 1.82) is 0 Å². The number of hydrogen-bond acceptors (Lipinski definition) is 9. The summed E-state index contributed by atoms with van der Waals surface area (Å²) < 4.78 is 10.4. The van der Waals surface area contributed by atoms with Gasteiger partial charge in [0.15, 0.2) is 11.6 Å². The lowest BCUT2D eigenvalue weighted by atomic mass is 10.2. The highest BCUT2D eigenvalue weighted by Gasteiger charge is 2.12. The van der Waals surface area contributed by atoms with Crippen LogP contribution >= 0.6 is 0 Å². The Bertz CT molecular complexity index is 1240. The third-order valence-electron chi connectivity index (χ3n) is 3.96. The third kappa shape index (κ3) is 3.12. The molecule has 136 valence electrons. The topological polar surface area (TPSA) is 114 Å². The van der Waals surface area contributed by atoms with Gasteiger partial charge in [0.25, 0.3) is 0 Å². The first-order valence-corrected chi connectivity index (χ1v) is 8.45. The molecule has 5 aromatic rings. The van der Waals surface area contributed by atoms with E-state index in [1.807, 2.05) is 60.7 Å². The molecule has 0 aliphatic rings. The Morgan fingerprint density at radius 2 is 1.61 bits per heavy atom. The minimum atomic E-state index is 0.278. The Morgan fingerprint density at radius 3 is 2.43 bits per heavy atom. The van der Waals surface area contributed by atoms with E-state index in [-0.39, 0.29) is 5.65 Å². The lowest BCUT2D eigenvalue weighted by Crippen LogP contribution is -2.03. The summed E-state index contributed by atoms with van der Waals surface area (Å²) in [6, 6.07) is 19.2. The van der Waals surface area contributed by atoms with Gasteiger partial charge in [0, 0.05) is 11.1 Å². The number of hydrazone groups is 1. The van der Waals surface area contributed by atoms with E-state index in [1.54, 1.807) is 6.21 Å². The molecule has 2 N–H and O–H groups in total. The van der Waals surface area contributed by atoms with Gasteiger partial charge in [-0.25, -0.2) is 9.61 Å². The van der Waals surface area contributed by atoms with E-state index in [0.717, 1.165) is 16.7 Å². The Morgan fingerprint density at radius 1 is 0.857 bits per heavy atom. The van der Waals surface area contributed by atoms with Crippen LogP contribution in [0.2, 0.25) is 0 Å². The van der Waals surface area contributed by atoms with Gasteiger partial charge in [0.05, 0.1) is 6.21 Å². The highest BCUT2D eigenvalue weighted by atomic mass is 16.6. The number of rotatable bonds is 5. The van der Waals surface area contributed by atoms with Crippen molar-refractivity contribution in [3.8, 4) is 0 Å². The monoisotopic (exact) mass is 371 g/mol. The van der Waals surface area contributed by atoms with Crippen molar-refractivity contribution in [2.75, 3.05) is 10.7 Å². The van der Waals surface area contributed by atoms with Crippen molar-refractivity contribution in [3.63, 3.8) is 0 Å². The molecule has 0 spiro atoms. The molecular formula is C19H13N7O2. The van der Waals surface area contributed by atoms with E-state index in [9.17, 15) is 0 Å². The summed E-state index contributed by atoms with van der Waals surface area (Å²) in [6.07, 6.45) is 1.57. The molecule has 0 aliphatic heterocycles. The van der Waals surface area contributed by atoms with Crippen LogP contribution in [0.25, 0.3) is 22.3 Å². The molecule has 0 amide bonds. The smallest absolute Gasteiger partial charge is 0.245 e. The summed E-state index contributed by atoms with van der Waals surface area (Å²) in [4.78, 5) is 8.75. The van der Waals surface area contributed by atoms with Gasteiger partial charge in [0.2, 0.25) is 11.3 Å². The highest BCUT2D eigenvalue weighted by Crippen LogP contribution is 2.24. The van der Waals surface area contributed by atoms with Crippen LogP contribution in [-0.4, -0.2) is 26.5 Å². The van der Waals surface area contributed by atoms with Crippen molar-refractivity contribution in [3.05, 3.63) is 66.4 Å². The lowest BCUT2D eigenvalue weighted by molar-refractivity contribution is 0.314. The molecular weight excluding hydrogens is 358 g/mol. The molecule has 0 atom stereocenters. The van der Waals surface area contributed by atoms with Gasteiger partial charge >= 0.3 is 0 Å². The van der Waals surface area contributed by atoms with Crippen molar-refractivity contribution in [1.82, 2.24) is 20.3 Å². The number of para-hydroxylation sites is 2. The quantitative estimate of drug-likeness (QED) is 0.353. The number of hydrogen-bond donors (Lipinski definition) is 2. The first-order chi connectivity index (χ1) is 13.8. The first-order valence-electron chi connectivity index (χ1n) is 8.45. The van der Waals surface area contributed by atoms with Gasteiger partial charge < -0.3 is 9.73 Å². The molecule has 0 aliphatic carbocycles. The van der Waals surface area contributed by atoms with E-state index in [4.69, 9.17) is 9.05 Å². The molecule has 3 aromatic heterocycles. The largest absolute Gasteiger partial charge is 0.455 e. The molecule has 0 unspecified atom stereocenters.